The maximum absolute atomic E-state index is 5.37. The van der Waals surface area contributed by atoms with Gasteiger partial charge in [-0.3, -0.25) is 4.90 Å². The Morgan fingerprint density at radius 1 is 1.36 bits per heavy atom. The minimum absolute atomic E-state index is 0. The lowest BCUT2D eigenvalue weighted by atomic mass is 10.4. The fraction of sp³-hybridized carbons (Fsp3) is 0.800. The van der Waals surface area contributed by atoms with Gasteiger partial charge in [0.2, 0.25) is 0 Å². The Morgan fingerprint density at radius 3 is 2.57 bits per heavy atom. The van der Waals surface area contributed by atoms with E-state index in [2.05, 4.69) is 23.7 Å². The lowest BCUT2D eigenvalue weighted by Gasteiger charge is -2.19. The highest BCUT2D eigenvalue weighted by atomic mass is 28.1. The van der Waals surface area contributed by atoms with E-state index >= 15 is 0 Å². The normalized spacial score (nSPS) is 9.93. The van der Waals surface area contributed by atoms with Crippen molar-refractivity contribution in [1.29, 1.82) is 0 Å². The average molecular weight is 217 g/mol. The summed E-state index contributed by atoms with van der Waals surface area (Å²) in [6.07, 6.45) is 3.16. The monoisotopic (exact) mass is 217 g/mol. The maximum Gasteiger partial charge on any atom is 0.0161 e. The lowest BCUT2D eigenvalue weighted by Crippen LogP contribution is -2.34. The van der Waals surface area contributed by atoms with Crippen molar-refractivity contribution in [2.45, 2.75) is 13.3 Å². The van der Waals surface area contributed by atoms with E-state index < -0.39 is 0 Å². The molecule has 0 radical (unpaired) electrons. The number of hydrogen-bond donors (Lipinski definition) is 2. The van der Waals surface area contributed by atoms with E-state index in [1.165, 1.54) is 6.42 Å². The summed E-state index contributed by atoms with van der Waals surface area (Å²) in [4.78, 5) is 2.39. The molecule has 3 nitrogen and oxygen atoms in total. The van der Waals surface area contributed by atoms with Gasteiger partial charge in [-0.1, -0.05) is 13.0 Å². The van der Waals surface area contributed by atoms with Gasteiger partial charge >= 0.3 is 0 Å². The van der Waals surface area contributed by atoms with Crippen molar-refractivity contribution in [3.8, 4) is 0 Å². The second-order valence-electron chi connectivity index (χ2n) is 3.13. The van der Waals surface area contributed by atoms with E-state index in [4.69, 9.17) is 5.73 Å². The summed E-state index contributed by atoms with van der Waals surface area (Å²) >= 11 is 0. The molecule has 0 unspecified atom stereocenters. The second kappa shape index (κ2) is 12.8. The van der Waals surface area contributed by atoms with Crippen LogP contribution >= 0.6 is 0 Å². The zero-order valence-corrected chi connectivity index (χ0v) is 8.76. The summed E-state index contributed by atoms with van der Waals surface area (Å²) in [5.41, 5.74) is 5.37. The quantitative estimate of drug-likeness (QED) is 0.295. The molecule has 0 bridgehead atoms. The summed E-state index contributed by atoms with van der Waals surface area (Å²) in [5.74, 6) is 0. The van der Waals surface area contributed by atoms with Gasteiger partial charge in [-0.2, -0.15) is 0 Å². The SMILES string of the molecule is C=CCN(CCC)CCNCCN.[SiH4]. The van der Waals surface area contributed by atoms with E-state index in [9.17, 15) is 0 Å². The standard InChI is InChI=1S/C10H23N3.H4Si/c1-3-8-13(9-4-2)10-7-12-6-5-11;/h3,12H,1,4-11H2,2H3;1H4. The van der Waals surface area contributed by atoms with Crippen molar-refractivity contribution in [3.05, 3.63) is 12.7 Å². The van der Waals surface area contributed by atoms with E-state index in [0.717, 1.165) is 39.3 Å². The number of nitrogens with two attached hydrogens (primary N) is 1. The molecule has 0 saturated heterocycles. The molecule has 0 fully saturated rings. The topological polar surface area (TPSA) is 41.3 Å². The molecule has 0 heterocycles. The Morgan fingerprint density at radius 2 is 2.07 bits per heavy atom. The van der Waals surface area contributed by atoms with Crippen molar-refractivity contribution in [2.75, 3.05) is 39.3 Å². The summed E-state index contributed by atoms with van der Waals surface area (Å²) in [5, 5.41) is 3.28. The van der Waals surface area contributed by atoms with Crippen molar-refractivity contribution in [3.63, 3.8) is 0 Å². The molecule has 0 rings (SSSR count). The van der Waals surface area contributed by atoms with Crippen LogP contribution in [0.5, 0.6) is 0 Å². The minimum Gasteiger partial charge on any atom is -0.329 e. The van der Waals surface area contributed by atoms with Crippen LogP contribution in [0.4, 0.5) is 0 Å². The molecule has 4 heteroatoms. The average Bonchev–Trinajstić information content (AvgIpc) is 2.13. The third-order valence-electron chi connectivity index (χ3n) is 1.85. The Balaban J connectivity index is 0. The molecule has 0 spiro atoms. The Bertz CT molecular complexity index is 120. The number of nitrogens with zero attached hydrogens (tertiary/aromatic N) is 1. The first-order valence-corrected chi connectivity index (χ1v) is 5.09. The second-order valence-corrected chi connectivity index (χ2v) is 3.13. The van der Waals surface area contributed by atoms with Crippen LogP contribution in [0.1, 0.15) is 13.3 Å². The van der Waals surface area contributed by atoms with Crippen LogP contribution in [0, 0.1) is 0 Å². The number of rotatable bonds is 9. The molecular weight excluding hydrogens is 190 g/mol. The Labute approximate surface area is 92.8 Å². The largest absolute Gasteiger partial charge is 0.329 e. The highest BCUT2D eigenvalue weighted by Gasteiger charge is 1.99. The summed E-state index contributed by atoms with van der Waals surface area (Å²) < 4.78 is 0. The van der Waals surface area contributed by atoms with E-state index in [1.807, 2.05) is 6.08 Å². The van der Waals surface area contributed by atoms with E-state index in [0.29, 0.717) is 0 Å². The maximum atomic E-state index is 5.37. The fourth-order valence-electron chi connectivity index (χ4n) is 1.26. The molecule has 0 aromatic carbocycles. The summed E-state index contributed by atoms with van der Waals surface area (Å²) in [6.45, 7) is 11.8. The smallest absolute Gasteiger partial charge is 0.0161 e. The van der Waals surface area contributed by atoms with Gasteiger partial charge in [0.1, 0.15) is 0 Å². The lowest BCUT2D eigenvalue weighted by molar-refractivity contribution is 0.302. The van der Waals surface area contributed by atoms with Crippen LogP contribution in [-0.2, 0) is 0 Å². The molecule has 86 valence electrons. The van der Waals surface area contributed by atoms with Gasteiger partial charge in [-0.05, 0) is 23.9 Å². The van der Waals surface area contributed by atoms with Gasteiger partial charge in [-0.25, -0.2) is 0 Å². The van der Waals surface area contributed by atoms with Crippen LogP contribution in [0.25, 0.3) is 0 Å². The highest BCUT2D eigenvalue weighted by Crippen LogP contribution is 1.89. The van der Waals surface area contributed by atoms with Crippen molar-refractivity contribution < 1.29 is 0 Å². The van der Waals surface area contributed by atoms with Gasteiger partial charge in [0, 0.05) is 32.7 Å². The molecule has 0 atom stereocenters. The van der Waals surface area contributed by atoms with Crippen LogP contribution in [0.15, 0.2) is 12.7 Å². The zero-order chi connectivity index (χ0) is 9.94. The van der Waals surface area contributed by atoms with Gasteiger partial charge in [0.15, 0.2) is 0 Å². The van der Waals surface area contributed by atoms with Crippen LogP contribution in [0.3, 0.4) is 0 Å². The summed E-state index contributed by atoms with van der Waals surface area (Å²) in [6, 6.07) is 0. The molecule has 0 saturated carbocycles. The molecule has 0 aliphatic rings. The van der Waals surface area contributed by atoms with Gasteiger partial charge in [0.05, 0.1) is 0 Å². The van der Waals surface area contributed by atoms with Gasteiger partial charge < -0.3 is 11.1 Å². The predicted molar refractivity (Wildman–Crippen MR) is 70.2 cm³/mol. The van der Waals surface area contributed by atoms with Gasteiger partial charge in [-0.15, -0.1) is 6.58 Å². The molecule has 0 aromatic rings. The molecular formula is C10H27N3Si. The van der Waals surface area contributed by atoms with Crippen molar-refractivity contribution >= 4 is 11.0 Å². The molecule has 3 N–H and O–H groups in total. The van der Waals surface area contributed by atoms with Crippen molar-refractivity contribution in [2.24, 2.45) is 5.73 Å². The van der Waals surface area contributed by atoms with Crippen molar-refractivity contribution in [1.82, 2.24) is 10.2 Å². The third-order valence-corrected chi connectivity index (χ3v) is 1.85. The molecule has 0 aromatic heterocycles. The number of nitrogens with one attached hydrogen (secondary N) is 1. The van der Waals surface area contributed by atoms with Crippen LogP contribution in [-0.4, -0.2) is 55.1 Å². The van der Waals surface area contributed by atoms with E-state index in [1.54, 1.807) is 0 Å². The van der Waals surface area contributed by atoms with E-state index in [-0.39, 0.29) is 11.0 Å². The first-order chi connectivity index (χ1) is 6.35. The summed E-state index contributed by atoms with van der Waals surface area (Å²) in [7, 11) is 0. The Hall–Kier alpha value is -0.163. The first kappa shape index (κ1) is 16.3. The highest BCUT2D eigenvalue weighted by molar-refractivity contribution is 5.75. The fourth-order valence-corrected chi connectivity index (χ4v) is 1.26. The molecule has 0 aliphatic heterocycles. The first-order valence-electron chi connectivity index (χ1n) is 5.09. The minimum atomic E-state index is 0. The molecule has 0 amide bonds. The van der Waals surface area contributed by atoms with Gasteiger partial charge in [0.25, 0.3) is 0 Å². The zero-order valence-electron chi connectivity index (χ0n) is 8.76. The van der Waals surface area contributed by atoms with Crippen LogP contribution < -0.4 is 11.1 Å². The third kappa shape index (κ3) is 9.92. The molecule has 0 aliphatic carbocycles. The number of hydrogen-bond acceptors (Lipinski definition) is 3. The Kier molecular flexibility index (Phi) is 14.9. The van der Waals surface area contributed by atoms with Crippen LogP contribution in [0.2, 0.25) is 0 Å². The predicted octanol–water partition coefficient (Wildman–Crippen LogP) is -1.02. The molecule has 14 heavy (non-hydrogen) atoms.